The number of carbonyl (C=O) groups is 1. The number of fused-ring (bicyclic) bond motifs is 3. The number of rotatable bonds is 8. The molecule has 2 aromatic heterocycles. The van der Waals surface area contributed by atoms with Crippen LogP contribution in [0.3, 0.4) is 0 Å². The fourth-order valence-electron chi connectivity index (χ4n) is 6.09. The van der Waals surface area contributed by atoms with E-state index >= 15 is 4.39 Å². The highest BCUT2D eigenvalue weighted by Gasteiger charge is 2.45. The summed E-state index contributed by atoms with van der Waals surface area (Å²) in [5.74, 6) is -0.287. The van der Waals surface area contributed by atoms with E-state index in [1.54, 1.807) is 20.2 Å². The topological polar surface area (TPSA) is 104 Å². The number of aromatic hydroxyl groups is 1. The number of phenols is 1. The molecule has 0 unspecified atom stereocenters. The summed E-state index contributed by atoms with van der Waals surface area (Å²) in [5, 5.41) is 15.5. The van der Waals surface area contributed by atoms with E-state index in [2.05, 4.69) is 25.2 Å². The van der Waals surface area contributed by atoms with Crippen molar-refractivity contribution in [3.8, 4) is 23.0 Å². The second-order valence-corrected chi connectivity index (χ2v) is 10.9. The summed E-state index contributed by atoms with van der Waals surface area (Å²) < 4.78 is 22.5. The molecular formula is C30H33FN6O3. The van der Waals surface area contributed by atoms with Gasteiger partial charge in [0.2, 0.25) is 5.91 Å². The Hall–Kier alpha value is -4.05. The Morgan fingerprint density at radius 1 is 1.15 bits per heavy atom. The molecule has 2 N–H and O–H groups in total. The lowest BCUT2D eigenvalue weighted by Gasteiger charge is -2.31. The van der Waals surface area contributed by atoms with E-state index in [0.717, 1.165) is 49.5 Å². The first-order valence-corrected chi connectivity index (χ1v) is 13.7. The van der Waals surface area contributed by atoms with Crippen LogP contribution in [-0.4, -0.2) is 81.6 Å². The molecule has 2 aromatic carbocycles. The van der Waals surface area contributed by atoms with Crippen molar-refractivity contribution in [2.45, 2.75) is 37.6 Å². The summed E-state index contributed by atoms with van der Waals surface area (Å²) in [6.45, 7) is 2.88. The van der Waals surface area contributed by atoms with Gasteiger partial charge in [-0.25, -0.2) is 4.39 Å². The summed E-state index contributed by atoms with van der Waals surface area (Å²) in [5.41, 5.74) is 0.589. The molecule has 0 spiro atoms. The lowest BCUT2D eigenvalue weighted by atomic mass is 9.95. The Bertz CT molecular complexity index is 1580. The first-order chi connectivity index (χ1) is 19.3. The van der Waals surface area contributed by atoms with E-state index in [9.17, 15) is 9.90 Å². The minimum Gasteiger partial charge on any atom is -0.508 e. The maximum Gasteiger partial charge on any atom is 0.319 e. The second-order valence-electron chi connectivity index (χ2n) is 10.9. The number of carbonyl (C=O) groups excluding carboxylic acids is 1. The number of hydrogen-bond acceptors (Lipinski definition) is 8. The SMILES string of the molecule is CN(C)C(=O)CCNc1nc(OCC23CCCN2CCC3)nc2c(F)c(-c3cc(O)cc4ccccc34)ncc12. The first-order valence-electron chi connectivity index (χ1n) is 13.7. The number of hydrogen-bond donors (Lipinski definition) is 2. The highest BCUT2D eigenvalue weighted by molar-refractivity contribution is 5.99. The molecule has 9 nitrogen and oxygen atoms in total. The standard InChI is InChI=1S/C30H33FN6O3/c1-36(2)24(39)9-12-32-28-23-17-33-26(22-16-20(38)15-19-7-3-4-8-21(19)22)25(31)27(23)34-29(35-28)40-18-30-10-5-13-37(30)14-6-11-30/h3-4,7-8,15-17,38H,5-6,9-14,18H2,1-2H3,(H,32,34,35). The van der Waals surface area contributed by atoms with Crippen molar-refractivity contribution in [2.24, 2.45) is 0 Å². The van der Waals surface area contributed by atoms with Gasteiger partial charge in [0.25, 0.3) is 0 Å². The lowest BCUT2D eigenvalue weighted by molar-refractivity contribution is -0.128. The molecule has 2 saturated heterocycles. The molecule has 0 aliphatic carbocycles. The van der Waals surface area contributed by atoms with Crippen LogP contribution in [0.25, 0.3) is 32.9 Å². The molecular weight excluding hydrogens is 511 g/mol. The van der Waals surface area contributed by atoms with Crippen molar-refractivity contribution in [2.75, 3.05) is 45.7 Å². The van der Waals surface area contributed by atoms with Gasteiger partial charge in [0.05, 0.1) is 10.9 Å². The average Bonchev–Trinajstić information content (AvgIpc) is 3.52. The van der Waals surface area contributed by atoms with Gasteiger partial charge in [-0.1, -0.05) is 24.3 Å². The smallest absolute Gasteiger partial charge is 0.319 e. The lowest BCUT2D eigenvalue weighted by Crippen LogP contribution is -2.43. The van der Waals surface area contributed by atoms with Crippen LogP contribution in [0.1, 0.15) is 32.1 Å². The number of phenolic OH excluding ortho intramolecular Hbond substituents is 1. The third-order valence-electron chi connectivity index (χ3n) is 8.18. The minimum atomic E-state index is -0.630. The number of aromatic nitrogens is 3. The van der Waals surface area contributed by atoms with Crippen molar-refractivity contribution in [1.29, 1.82) is 0 Å². The molecule has 0 atom stereocenters. The van der Waals surface area contributed by atoms with Crippen molar-refractivity contribution in [3.63, 3.8) is 0 Å². The van der Waals surface area contributed by atoms with Crippen molar-refractivity contribution >= 4 is 33.4 Å². The third-order valence-corrected chi connectivity index (χ3v) is 8.18. The molecule has 208 valence electrons. The van der Waals surface area contributed by atoms with Crippen LogP contribution in [0.15, 0.2) is 42.6 Å². The van der Waals surface area contributed by atoms with Crippen molar-refractivity contribution < 1.29 is 19.0 Å². The Labute approximate surface area is 232 Å². The van der Waals surface area contributed by atoms with Gasteiger partial charge < -0.3 is 20.1 Å². The number of benzene rings is 2. The van der Waals surface area contributed by atoms with Gasteiger partial charge in [-0.05, 0) is 61.7 Å². The summed E-state index contributed by atoms with van der Waals surface area (Å²) in [6, 6.07) is 10.7. The molecule has 4 heterocycles. The molecule has 1 amide bonds. The summed E-state index contributed by atoms with van der Waals surface area (Å²) in [6.07, 6.45) is 6.17. The molecule has 10 heteroatoms. The van der Waals surface area contributed by atoms with Gasteiger partial charge in [-0.15, -0.1) is 0 Å². The summed E-state index contributed by atoms with van der Waals surface area (Å²) in [7, 11) is 3.41. The van der Waals surface area contributed by atoms with Crippen LogP contribution in [0.2, 0.25) is 0 Å². The van der Waals surface area contributed by atoms with Gasteiger partial charge >= 0.3 is 6.01 Å². The number of nitrogens with zero attached hydrogens (tertiary/aromatic N) is 5. The van der Waals surface area contributed by atoms with E-state index < -0.39 is 5.82 Å². The van der Waals surface area contributed by atoms with Crippen LogP contribution in [0.4, 0.5) is 10.2 Å². The van der Waals surface area contributed by atoms with Crippen LogP contribution in [0.5, 0.6) is 11.8 Å². The summed E-state index contributed by atoms with van der Waals surface area (Å²) in [4.78, 5) is 29.7. The van der Waals surface area contributed by atoms with Gasteiger partial charge in [-0.2, -0.15) is 9.97 Å². The van der Waals surface area contributed by atoms with Gasteiger partial charge in [0.1, 0.15) is 29.4 Å². The number of amides is 1. The molecule has 40 heavy (non-hydrogen) atoms. The zero-order chi connectivity index (χ0) is 27.9. The van der Waals surface area contributed by atoms with Gasteiger partial charge in [-0.3, -0.25) is 14.7 Å². The van der Waals surface area contributed by atoms with Crippen LogP contribution in [-0.2, 0) is 4.79 Å². The van der Waals surface area contributed by atoms with Gasteiger partial charge in [0.15, 0.2) is 5.82 Å². The Morgan fingerprint density at radius 2 is 1.93 bits per heavy atom. The maximum atomic E-state index is 16.3. The monoisotopic (exact) mass is 544 g/mol. The van der Waals surface area contributed by atoms with Crippen molar-refractivity contribution in [1.82, 2.24) is 24.8 Å². The Balaban J connectivity index is 1.40. The fraction of sp³-hybridized carbons (Fsp3) is 0.400. The highest BCUT2D eigenvalue weighted by atomic mass is 19.1. The van der Waals surface area contributed by atoms with Crippen LogP contribution < -0.4 is 10.1 Å². The van der Waals surface area contributed by atoms with Gasteiger partial charge in [0, 0.05) is 38.8 Å². The van der Waals surface area contributed by atoms with E-state index in [1.807, 2.05) is 24.3 Å². The average molecular weight is 545 g/mol. The van der Waals surface area contributed by atoms with E-state index in [1.165, 1.54) is 17.2 Å². The predicted octanol–water partition coefficient (Wildman–Crippen LogP) is 4.59. The highest BCUT2D eigenvalue weighted by Crippen LogP contribution is 2.40. The molecule has 0 radical (unpaired) electrons. The number of pyridine rings is 1. The summed E-state index contributed by atoms with van der Waals surface area (Å²) >= 11 is 0. The Kier molecular flexibility index (Phi) is 6.87. The Morgan fingerprint density at radius 3 is 2.70 bits per heavy atom. The largest absolute Gasteiger partial charge is 0.508 e. The molecule has 2 aliphatic rings. The minimum absolute atomic E-state index is 0.0200. The normalized spacial score (nSPS) is 16.4. The molecule has 6 rings (SSSR count). The van der Waals surface area contributed by atoms with Crippen LogP contribution in [0, 0.1) is 5.82 Å². The maximum absolute atomic E-state index is 16.3. The van der Waals surface area contributed by atoms with E-state index in [0.29, 0.717) is 29.9 Å². The molecule has 0 bridgehead atoms. The zero-order valence-electron chi connectivity index (χ0n) is 22.8. The second kappa shape index (κ2) is 10.5. The molecule has 2 aliphatic heterocycles. The molecule has 2 fully saturated rings. The fourth-order valence-corrected chi connectivity index (χ4v) is 6.09. The van der Waals surface area contributed by atoms with E-state index in [4.69, 9.17) is 4.74 Å². The quantitative estimate of drug-likeness (QED) is 0.332. The van der Waals surface area contributed by atoms with Crippen LogP contribution >= 0.6 is 0 Å². The number of anilines is 1. The molecule has 0 saturated carbocycles. The number of ether oxygens (including phenoxy) is 1. The van der Waals surface area contributed by atoms with E-state index in [-0.39, 0.29) is 40.8 Å². The number of halogens is 1. The third kappa shape index (κ3) is 4.77. The first kappa shape index (κ1) is 26.2. The molecule has 4 aromatic rings. The zero-order valence-corrected chi connectivity index (χ0v) is 22.8. The van der Waals surface area contributed by atoms with Crippen molar-refractivity contribution in [3.05, 3.63) is 48.4 Å². The predicted molar refractivity (Wildman–Crippen MR) is 152 cm³/mol. The number of nitrogens with one attached hydrogen (secondary N) is 1.